The Morgan fingerprint density at radius 1 is 1.33 bits per heavy atom. The average Bonchev–Trinajstić information content (AvgIpc) is 2.27. The lowest BCUT2D eigenvalue weighted by Crippen LogP contribution is -2.23. The molecular weight excluding hydrogens is 228 g/mol. The summed E-state index contributed by atoms with van der Waals surface area (Å²) in [5.74, 6) is 0.124. The van der Waals surface area contributed by atoms with Crippen LogP contribution in [-0.2, 0) is 16.0 Å². The van der Waals surface area contributed by atoms with Gasteiger partial charge in [0.25, 0.3) is 0 Å². The molecule has 1 rings (SSSR count). The smallest absolute Gasteiger partial charge is 0.311 e. The third-order valence-corrected chi connectivity index (χ3v) is 2.67. The highest BCUT2D eigenvalue weighted by molar-refractivity contribution is 5.75. The molecule has 0 aromatic heterocycles. The van der Waals surface area contributed by atoms with Gasteiger partial charge in [0.05, 0.1) is 12.0 Å². The predicted molar refractivity (Wildman–Crippen MR) is 71.6 cm³/mol. The molecule has 0 saturated heterocycles. The van der Waals surface area contributed by atoms with Crippen LogP contribution in [0.1, 0.15) is 38.3 Å². The van der Waals surface area contributed by atoms with Gasteiger partial charge in [-0.25, -0.2) is 0 Å². The first-order chi connectivity index (χ1) is 8.30. The maximum atomic E-state index is 11.5. The first-order valence-corrected chi connectivity index (χ1v) is 6.26. The minimum atomic E-state index is -0.453. The van der Waals surface area contributed by atoms with Crippen LogP contribution >= 0.6 is 0 Å². The van der Waals surface area contributed by atoms with Crippen LogP contribution in [-0.4, -0.2) is 17.7 Å². The molecule has 0 aliphatic carbocycles. The fraction of sp³-hybridized carbons (Fsp3) is 0.533. The number of rotatable bonds is 4. The van der Waals surface area contributed by atoms with Crippen LogP contribution in [0.25, 0.3) is 0 Å². The van der Waals surface area contributed by atoms with E-state index in [0.29, 0.717) is 18.8 Å². The van der Waals surface area contributed by atoms with Crippen molar-refractivity contribution in [1.82, 2.24) is 0 Å². The minimum absolute atomic E-state index is 0.184. The number of benzene rings is 1. The summed E-state index contributed by atoms with van der Waals surface area (Å²) in [5, 5.41) is 9.66. The number of ether oxygens (including phenoxy) is 1. The minimum Gasteiger partial charge on any atom is -0.508 e. The summed E-state index contributed by atoms with van der Waals surface area (Å²) in [7, 11) is 0. The maximum absolute atomic E-state index is 11.5. The van der Waals surface area contributed by atoms with Crippen LogP contribution in [0.4, 0.5) is 0 Å². The number of aromatic hydroxyl groups is 1. The van der Waals surface area contributed by atoms with Crippen molar-refractivity contribution in [1.29, 1.82) is 0 Å². The number of hydrogen-bond donors (Lipinski definition) is 1. The largest absolute Gasteiger partial charge is 0.508 e. The second-order valence-electron chi connectivity index (χ2n) is 5.62. The number of esters is 1. The monoisotopic (exact) mass is 250 g/mol. The zero-order valence-electron chi connectivity index (χ0n) is 11.6. The van der Waals surface area contributed by atoms with Crippen LogP contribution in [0, 0.1) is 12.3 Å². The van der Waals surface area contributed by atoms with E-state index in [9.17, 15) is 9.90 Å². The van der Waals surface area contributed by atoms with E-state index in [0.717, 1.165) is 17.5 Å². The Balaban J connectivity index is 2.39. The van der Waals surface area contributed by atoms with E-state index in [-0.39, 0.29) is 5.97 Å². The van der Waals surface area contributed by atoms with E-state index in [4.69, 9.17) is 4.74 Å². The molecule has 0 unspecified atom stereocenters. The first kappa shape index (κ1) is 14.6. The number of hydrogen-bond acceptors (Lipinski definition) is 3. The van der Waals surface area contributed by atoms with E-state index in [1.165, 1.54) is 0 Å². The zero-order chi connectivity index (χ0) is 13.8. The summed E-state index contributed by atoms with van der Waals surface area (Å²) < 4.78 is 5.18. The predicted octanol–water partition coefficient (Wildman–Crippen LogP) is 3.22. The number of phenolic OH excluding ortho intramolecular Hbond substituents is 1. The summed E-state index contributed by atoms with van der Waals surface area (Å²) in [6.07, 6.45) is 1.43. The van der Waals surface area contributed by atoms with E-state index in [1.807, 2.05) is 39.8 Å². The van der Waals surface area contributed by atoms with Gasteiger partial charge in [0, 0.05) is 0 Å². The summed E-state index contributed by atoms with van der Waals surface area (Å²) in [4.78, 5) is 11.5. The molecule has 0 fully saturated rings. The Labute approximate surface area is 109 Å². The van der Waals surface area contributed by atoms with Crippen molar-refractivity contribution in [3.63, 3.8) is 0 Å². The molecule has 0 bridgehead atoms. The van der Waals surface area contributed by atoms with Crippen LogP contribution < -0.4 is 0 Å². The number of carbonyl (C=O) groups is 1. The molecule has 3 heteroatoms. The van der Waals surface area contributed by atoms with Gasteiger partial charge in [0.2, 0.25) is 0 Å². The van der Waals surface area contributed by atoms with Crippen molar-refractivity contribution in [3.05, 3.63) is 29.3 Å². The van der Waals surface area contributed by atoms with E-state index < -0.39 is 5.41 Å². The molecule has 0 aliphatic heterocycles. The highest BCUT2D eigenvalue weighted by Gasteiger charge is 2.22. The highest BCUT2D eigenvalue weighted by atomic mass is 16.5. The molecule has 100 valence electrons. The van der Waals surface area contributed by atoms with Gasteiger partial charge >= 0.3 is 5.97 Å². The molecule has 18 heavy (non-hydrogen) atoms. The molecular formula is C15H22O3. The molecule has 0 heterocycles. The van der Waals surface area contributed by atoms with Gasteiger partial charge in [0.1, 0.15) is 5.75 Å². The molecule has 3 nitrogen and oxygen atoms in total. The van der Waals surface area contributed by atoms with Gasteiger partial charge in [-0.2, -0.15) is 0 Å². The molecule has 0 saturated carbocycles. The maximum Gasteiger partial charge on any atom is 0.311 e. The third kappa shape index (κ3) is 4.40. The van der Waals surface area contributed by atoms with Crippen molar-refractivity contribution >= 4 is 5.97 Å². The van der Waals surface area contributed by atoms with E-state index in [2.05, 4.69) is 0 Å². The van der Waals surface area contributed by atoms with E-state index >= 15 is 0 Å². The topological polar surface area (TPSA) is 46.5 Å². The van der Waals surface area contributed by atoms with Gasteiger partial charge in [0.15, 0.2) is 0 Å². The summed E-state index contributed by atoms with van der Waals surface area (Å²) >= 11 is 0. The molecule has 0 atom stereocenters. The van der Waals surface area contributed by atoms with E-state index in [1.54, 1.807) is 6.07 Å². The lowest BCUT2D eigenvalue weighted by atomic mass is 9.97. The van der Waals surface area contributed by atoms with Crippen LogP contribution in [0.2, 0.25) is 0 Å². The lowest BCUT2D eigenvalue weighted by Gasteiger charge is -2.16. The standard InChI is InChI=1S/C15H22O3/c1-11-7-8-13(16)12(10-11)6-5-9-18-14(17)15(2,3)4/h7-8,10,16H,5-6,9H2,1-4H3. The quantitative estimate of drug-likeness (QED) is 0.659. The molecule has 0 radical (unpaired) electrons. The van der Waals surface area contributed by atoms with Crippen LogP contribution in [0.5, 0.6) is 5.75 Å². The van der Waals surface area contributed by atoms with Crippen molar-refractivity contribution < 1.29 is 14.6 Å². The molecule has 1 N–H and O–H groups in total. The molecule has 0 aliphatic rings. The summed E-state index contributed by atoms with van der Waals surface area (Å²) in [6, 6.07) is 5.53. The Morgan fingerprint density at radius 2 is 2.00 bits per heavy atom. The van der Waals surface area contributed by atoms with Crippen molar-refractivity contribution in [2.45, 2.75) is 40.5 Å². The molecule has 0 spiro atoms. The van der Waals surface area contributed by atoms with Gasteiger partial charge in [-0.1, -0.05) is 17.7 Å². The molecule has 1 aromatic rings. The van der Waals surface area contributed by atoms with Crippen molar-refractivity contribution in [3.8, 4) is 5.75 Å². The lowest BCUT2D eigenvalue weighted by molar-refractivity contribution is -0.153. The number of aryl methyl sites for hydroxylation is 2. The van der Waals surface area contributed by atoms with Crippen molar-refractivity contribution in [2.75, 3.05) is 6.61 Å². The molecule has 0 amide bonds. The Hall–Kier alpha value is -1.51. The fourth-order valence-electron chi connectivity index (χ4n) is 1.56. The average molecular weight is 250 g/mol. The third-order valence-electron chi connectivity index (χ3n) is 2.67. The van der Waals surface area contributed by atoms with Crippen molar-refractivity contribution in [2.24, 2.45) is 5.41 Å². The first-order valence-electron chi connectivity index (χ1n) is 6.26. The van der Waals surface area contributed by atoms with Crippen LogP contribution in [0.3, 0.4) is 0 Å². The fourth-order valence-corrected chi connectivity index (χ4v) is 1.56. The number of phenols is 1. The Morgan fingerprint density at radius 3 is 2.61 bits per heavy atom. The number of carbonyl (C=O) groups excluding carboxylic acids is 1. The van der Waals surface area contributed by atoms with Gasteiger partial charge in [-0.15, -0.1) is 0 Å². The Bertz CT molecular complexity index is 416. The van der Waals surface area contributed by atoms with Gasteiger partial charge < -0.3 is 9.84 Å². The summed E-state index contributed by atoms with van der Waals surface area (Å²) in [5.41, 5.74) is 1.57. The molecule has 1 aromatic carbocycles. The van der Waals surface area contributed by atoms with Gasteiger partial charge in [-0.05, 0) is 52.2 Å². The summed E-state index contributed by atoms with van der Waals surface area (Å²) in [6.45, 7) is 7.89. The van der Waals surface area contributed by atoms with Crippen LogP contribution in [0.15, 0.2) is 18.2 Å². The second-order valence-corrected chi connectivity index (χ2v) is 5.62. The normalized spacial score (nSPS) is 11.3. The second kappa shape index (κ2) is 5.89. The zero-order valence-corrected chi connectivity index (χ0v) is 11.6. The van der Waals surface area contributed by atoms with Gasteiger partial charge in [-0.3, -0.25) is 4.79 Å². The Kier molecular flexibility index (Phi) is 4.76. The SMILES string of the molecule is Cc1ccc(O)c(CCCOC(=O)C(C)(C)C)c1. The highest BCUT2D eigenvalue weighted by Crippen LogP contribution is 2.20.